The van der Waals surface area contributed by atoms with Crippen LogP contribution in [0.5, 0.6) is 0 Å². The number of hydrogen-bond donors (Lipinski definition) is 2. The smallest absolute Gasteiger partial charge is 0.191 e. The summed E-state index contributed by atoms with van der Waals surface area (Å²) < 4.78 is 2.10. The van der Waals surface area contributed by atoms with Crippen LogP contribution in [0.2, 0.25) is 0 Å². The van der Waals surface area contributed by atoms with E-state index in [2.05, 4.69) is 56.1 Å². The third-order valence-electron chi connectivity index (χ3n) is 5.50. The third kappa shape index (κ3) is 5.11. The van der Waals surface area contributed by atoms with E-state index >= 15 is 0 Å². The van der Waals surface area contributed by atoms with Crippen molar-refractivity contribution in [3.05, 3.63) is 17.5 Å². The van der Waals surface area contributed by atoms with Crippen molar-refractivity contribution in [3.8, 4) is 0 Å². The van der Waals surface area contributed by atoms with Crippen LogP contribution in [0.25, 0.3) is 0 Å². The zero-order chi connectivity index (χ0) is 17.3. The molecule has 1 heterocycles. The highest BCUT2D eigenvalue weighted by atomic mass is 127. The molecule has 0 saturated heterocycles. The maximum atomic E-state index is 4.82. The van der Waals surface area contributed by atoms with E-state index in [1.54, 1.807) is 0 Å². The number of aromatic nitrogens is 2. The molecular weight excluding hydrogens is 425 g/mol. The number of hydrogen-bond acceptors (Lipinski definition) is 2. The summed E-state index contributed by atoms with van der Waals surface area (Å²) in [6.07, 6.45) is 6.78. The number of rotatable bonds is 5. The predicted molar refractivity (Wildman–Crippen MR) is 115 cm³/mol. The van der Waals surface area contributed by atoms with Gasteiger partial charge in [0.25, 0.3) is 0 Å². The SMILES string of the molecule is CCNC(=NCC1CC1(C)C)NC1CCc2cn(C(C)C)nc2C1.I. The lowest BCUT2D eigenvalue weighted by Crippen LogP contribution is -2.45. The fourth-order valence-corrected chi connectivity index (χ4v) is 3.50. The van der Waals surface area contributed by atoms with E-state index in [0.717, 1.165) is 44.2 Å². The highest BCUT2D eigenvalue weighted by Gasteiger charge is 2.45. The van der Waals surface area contributed by atoms with Gasteiger partial charge in [0.1, 0.15) is 0 Å². The van der Waals surface area contributed by atoms with Gasteiger partial charge in [-0.2, -0.15) is 5.10 Å². The topological polar surface area (TPSA) is 54.2 Å². The van der Waals surface area contributed by atoms with Crippen LogP contribution < -0.4 is 10.6 Å². The van der Waals surface area contributed by atoms with Crippen molar-refractivity contribution >= 4 is 29.9 Å². The van der Waals surface area contributed by atoms with Gasteiger partial charge in [0, 0.05) is 37.8 Å². The molecule has 0 amide bonds. The van der Waals surface area contributed by atoms with Crippen LogP contribution in [0, 0.1) is 11.3 Å². The summed E-state index contributed by atoms with van der Waals surface area (Å²) in [5.41, 5.74) is 3.17. The van der Waals surface area contributed by atoms with Gasteiger partial charge < -0.3 is 10.6 Å². The Kier molecular flexibility index (Phi) is 6.79. The summed E-state index contributed by atoms with van der Waals surface area (Å²) in [6.45, 7) is 13.0. The molecule has 142 valence electrons. The number of guanidine groups is 1. The standard InChI is InChI=1S/C19H33N5.HI/c1-6-20-18(21-11-15-10-19(15,4)5)22-16-8-7-14-12-24(13(2)3)23-17(14)9-16;/h12-13,15-16H,6-11H2,1-5H3,(H2,20,21,22);1H. The summed E-state index contributed by atoms with van der Waals surface area (Å²) >= 11 is 0. The molecule has 2 unspecified atom stereocenters. The van der Waals surface area contributed by atoms with Crippen LogP contribution in [0.4, 0.5) is 0 Å². The number of aliphatic imine (C=N–C) groups is 1. The summed E-state index contributed by atoms with van der Waals surface area (Å²) in [5, 5.41) is 11.8. The first kappa shape index (κ1) is 20.5. The second kappa shape index (κ2) is 8.27. The van der Waals surface area contributed by atoms with Gasteiger partial charge >= 0.3 is 0 Å². The minimum absolute atomic E-state index is 0. The molecular formula is C19H34IN5. The Hall–Kier alpha value is -0.790. The van der Waals surface area contributed by atoms with E-state index in [1.165, 1.54) is 17.7 Å². The first-order valence-electron chi connectivity index (χ1n) is 9.50. The van der Waals surface area contributed by atoms with Crippen LogP contribution in [-0.4, -0.2) is 34.9 Å². The van der Waals surface area contributed by atoms with Crippen LogP contribution in [-0.2, 0) is 12.8 Å². The van der Waals surface area contributed by atoms with Crippen LogP contribution in [0.15, 0.2) is 11.2 Å². The molecule has 1 fully saturated rings. The molecule has 2 N–H and O–H groups in total. The van der Waals surface area contributed by atoms with Crippen molar-refractivity contribution in [1.82, 2.24) is 20.4 Å². The second-order valence-electron chi connectivity index (χ2n) is 8.37. The van der Waals surface area contributed by atoms with Gasteiger partial charge in [-0.1, -0.05) is 13.8 Å². The first-order valence-corrected chi connectivity index (χ1v) is 9.50. The fraction of sp³-hybridized carbons (Fsp3) is 0.789. The van der Waals surface area contributed by atoms with Gasteiger partial charge in [0.15, 0.2) is 5.96 Å². The Morgan fingerprint density at radius 3 is 2.76 bits per heavy atom. The molecule has 0 aliphatic heterocycles. The van der Waals surface area contributed by atoms with E-state index in [1.807, 2.05) is 0 Å². The average Bonchev–Trinajstić information content (AvgIpc) is 2.94. The molecule has 2 aliphatic rings. The quantitative estimate of drug-likeness (QED) is 0.403. The Morgan fingerprint density at radius 2 is 2.16 bits per heavy atom. The van der Waals surface area contributed by atoms with Gasteiger partial charge in [0.2, 0.25) is 0 Å². The second-order valence-corrected chi connectivity index (χ2v) is 8.37. The Morgan fingerprint density at radius 1 is 1.44 bits per heavy atom. The molecule has 5 nitrogen and oxygen atoms in total. The molecule has 2 aliphatic carbocycles. The van der Waals surface area contributed by atoms with Gasteiger partial charge in [-0.05, 0) is 56.9 Å². The maximum absolute atomic E-state index is 4.82. The molecule has 6 heteroatoms. The lowest BCUT2D eigenvalue weighted by molar-refractivity contribution is 0.498. The van der Waals surface area contributed by atoms with E-state index in [4.69, 9.17) is 10.1 Å². The van der Waals surface area contributed by atoms with E-state index in [-0.39, 0.29) is 24.0 Å². The normalized spacial score (nSPS) is 24.5. The van der Waals surface area contributed by atoms with E-state index in [0.29, 0.717) is 17.5 Å². The predicted octanol–water partition coefficient (Wildman–Crippen LogP) is 3.54. The van der Waals surface area contributed by atoms with Crippen LogP contribution in [0.3, 0.4) is 0 Å². The van der Waals surface area contributed by atoms with Gasteiger partial charge in [-0.15, -0.1) is 24.0 Å². The molecule has 2 atom stereocenters. The minimum Gasteiger partial charge on any atom is -0.357 e. The largest absolute Gasteiger partial charge is 0.357 e. The summed E-state index contributed by atoms with van der Waals surface area (Å²) in [7, 11) is 0. The summed E-state index contributed by atoms with van der Waals surface area (Å²) in [5.74, 6) is 1.71. The van der Waals surface area contributed by atoms with Crippen LogP contribution in [0.1, 0.15) is 64.8 Å². The Balaban J connectivity index is 0.00000225. The Labute approximate surface area is 169 Å². The molecule has 1 aromatic heterocycles. The number of halogens is 1. The third-order valence-corrected chi connectivity index (χ3v) is 5.50. The van der Waals surface area contributed by atoms with Gasteiger partial charge in [-0.25, -0.2) is 0 Å². The lowest BCUT2D eigenvalue weighted by atomic mass is 9.94. The van der Waals surface area contributed by atoms with E-state index < -0.39 is 0 Å². The number of fused-ring (bicyclic) bond motifs is 1. The highest BCUT2D eigenvalue weighted by molar-refractivity contribution is 14.0. The van der Waals surface area contributed by atoms with Crippen molar-refractivity contribution < 1.29 is 0 Å². The molecule has 0 bridgehead atoms. The van der Waals surface area contributed by atoms with Crippen molar-refractivity contribution in [3.63, 3.8) is 0 Å². The number of nitrogens with zero attached hydrogens (tertiary/aromatic N) is 3. The molecule has 0 radical (unpaired) electrons. The van der Waals surface area contributed by atoms with E-state index in [9.17, 15) is 0 Å². The summed E-state index contributed by atoms with van der Waals surface area (Å²) in [6, 6.07) is 0.862. The van der Waals surface area contributed by atoms with Gasteiger partial charge in [-0.3, -0.25) is 9.67 Å². The van der Waals surface area contributed by atoms with Gasteiger partial charge in [0.05, 0.1) is 5.69 Å². The zero-order valence-electron chi connectivity index (χ0n) is 16.3. The molecule has 0 spiro atoms. The zero-order valence-corrected chi connectivity index (χ0v) is 18.6. The van der Waals surface area contributed by atoms with Crippen molar-refractivity contribution in [2.75, 3.05) is 13.1 Å². The molecule has 1 saturated carbocycles. The Bertz CT molecular complexity index is 605. The minimum atomic E-state index is 0. The molecule has 1 aromatic rings. The van der Waals surface area contributed by atoms with Crippen molar-refractivity contribution in [2.24, 2.45) is 16.3 Å². The van der Waals surface area contributed by atoms with Crippen molar-refractivity contribution in [2.45, 2.75) is 72.4 Å². The van der Waals surface area contributed by atoms with Crippen LogP contribution >= 0.6 is 24.0 Å². The monoisotopic (exact) mass is 459 g/mol. The summed E-state index contributed by atoms with van der Waals surface area (Å²) in [4.78, 5) is 4.82. The molecule has 0 aromatic carbocycles. The lowest BCUT2D eigenvalue weighted by Gasteiger charge is -2.24. The fourth-order valence-electron chi connectivity index (χ4n) is 3.50. The molecule has 25 heavy (non-hydrogen) atoms. The first-order chi connectivity index (χ1) is 11.4. The van der Waals surface area contributed by atoms with Crippen molar-refractivity contribution in [1.29, 1.82) is 0 Å². The maximum Gasteiger partial charge on any atom is 0.191 e. The average molecular weight is 459 g/mol. The number of nitrogens with one attached hydrogen (secondary N) is 2. The highest BCUT2D eigenvalue weighted by Crippen LogP contribution is 2.51. The number of aryl methyl sites for hydroxylation is 1. The molecule has 3 rings (SSSR count).